The molecule has 0 aliphatic heterocycles. The second-order valence-corrected chi connectivity index (χ2v) is 7.23. The maximum absolute atomic E-state index is 12.6. The molecule has 2 aromatic carbocycles. The Balaban J connectivity index is 2.27. The van der Waals surface area contributed by atoms with Crippen molar-refractivity contribution >= 4 is 15.7 Å². The second kappa shape index (κ2) is 7.49. The van der Waals surface area contributed by atoms with E-state index >= 15 is 0 Å². The first-order valence-electron chi connectivity index (χ1n) is 7.21. The van der Waals surface area contributed by atoms with Crippen LogP contribution in [-0.2, 0) is 16.6 Å². The maximum Gasteiger partial charge on any atom is 0.269 e. The molecule has 0 radical (unpaired) electrons. The summed E-state index contributed by atoms with van der Waals surface area (Å²) in [6, 6.07) is 9.86. The van der Waals surface area contributed by atoms with Gasteiger partial charge in [0, 0.05) is 37.4 Å². The fraction of sp³-hybridized carbons (Fsp3) is 0.250. The standard InChI is InChI=1S/C16H18N2O6S/c1-17(11-12-4-7-14(23-2)10-16(12)24-3)25(21,22)15-8-5-13(6-9-15)18(19)20/h4-10H,11H2,1-3H3. The number of sulfonamides is 1. The van der Waals surface area contributed by atoms with Crippen LogP contribution in [0, 0.1) is 10.1 Å². The highest BCUT2D eigenvalue weighted by Crippen LogP contribution is 2.27. The van der Waals surface area contributed by atoms with E-state index in [-0.39, 0.29) is 17.1 Å². The molecular formula is C16H18N2O6S. The molecule has 0 saturated carbocycles. The Morgan fingerprint density at radius 1 is 1.08 bits per heavy atom. The van der Waals surface area contributed by atoms with Gasteiger partial charge < -0.3 is 9.47 Å². The molecule has 0 saturated heterocycles. The number of ether oxygens (including phenoxy) is 2. The van der Waals surface area contributed by atoms with Crippen molar-refractivity contribution in [3.05, 3.63) is 58.1 Å². The summed E-state index contributed by atoms with van der Waals surface area (Å²) in [5.41, 5.74) is 0.495. The van der Waals surface area contributed by atoms with Gasteiger partial charge in [0.25, 0.3) is 5.69 Å². The number of nitro benzene ring substituents is 1. The smallest absolute Gasteiger partial charge is 0.269 e. The third-order valence-corrected chi connectivity index (χ3v) is 5.46. The maximum atomic E-state index is 12.6. The van der Waals surface area contributed by atoms with Crippen LogP contribution in [0.3, 0.4) is 0 Å². The van der Waals surface area contributed by atoms with Crippen LogP contribution < -0.4 is 9.47 Å². The Morgan fingerprint density at radius 3 is 2.24 bits per heavy atom. The van der Waals surface area contributed by atoms with Crippen LogP contribution in [0.4, 0.5) is 5.69 Å². The number of rotatable bonds is 7. The fourth-order valence-corrected chi connectivity index (χ4v) is 3.38. The van der Waals surface area contributed by atoms with Gasteiger partial charge in [0.1, 0.15) is 11.5 Å². The number of methoxy groups -OCH3 is 2. The first-order chi connectivity index (χ1) is 11.8. The predicted molar refractivity (Wildman–Crippen MR) is 91.3 cm³/mol. The van der Waals surface area contributed by atoms with Crippen LogP contribution in [0.1, 0.15) is 5.56 Å². The zero-order chi connectivity index (χ0) is 18.6. The number of nitrogens with zero attached hydrogens (tertiary/aromatic N) is 2. The van der Waals surface area contributed by atoms with Gasteiger partial charge >= 0.3 is 0 Å². The summed E-state index contributed by atoms with van der Waals surface area (Å²) in [7, 11) is 0.651. The van der Waals surface area contributed by atoms with Gasteiger partial charge in [0.15, 0.2) is 0 Å². The molecule has 25 heavy (non-hydrogen) atoms. The molecule has 134 valence electrons. The lowest BCUT2D eigenvalue weighted by Gasteiger charge is -2.19. The molecule has 9 heteroatoms. The number of hydrogen-bond acceptors (Lipinski definition) is 6. The molecule has 8 nitrogen and oxygen atoms in total. The molecule has 0 fully saturated rings. The molecule has 0 atom stereocenters. The molecular weight excluding hydrogens is 348 g/mol. The monoisotopic (exact) mass is 366 g/mol. The zero-order valence-electron chi connectivity index (χ0n) is 14.0. The molecule has 2 aromatic rings. The van der Waals surface area contributed by atoms with Crippen LogP contribution in [-0.4, -0.2) is 38.9 Å². The van der Waals surface area contributed by atoms with Crippen LogP contribution >= 0.6 is 0 Å². The average Bonchev–Trinajstić information content (AvgIpc) is 2.61. The molecule has 0 aliphatic carbocycles. The molecule has 2 rings (SSSR count). The van der Waals surface area contributed by atoms with Gasteiger partial charge in [-0.3, -0.25) is 10.1 Å². The van der Waals surface area contributed by atoms with Crippen molar-refractivity contribution in [1.29, 1.82) is 0 Å². The highest BCUT2D eigenvalue weighted by molar-refractivity contribution is 7.89. The molecule has 0 N–H and O–H groups in total. The Hall–Kier alpha value is -2.65. The number of nitro groups is 1. The van der Waals surface area contributed by atoms with Crippen LogP contribution in [0.15, 0.2) is 47.4 Å². The Labute approximate surface area is 145 Å². The van der Waals surface area contributed by atoms with E-state index in [4.69, 9.17) is 9.47 Å². The van der Waals surface area contributed by atoms with E-state index in [0.717, 1.165) is 16.4 Å². The van der Waals surface area contributed by atoms with E-state index in [1.807, 2.05) is 0 Å². The van der Waals surface area contributed by atoms with E-state index in [9.17, 15) is 18.5 Å². The van der Waals surface area contributed by atoms with Gasteiger partial charge in [0.2, 0.25) is 10.0 Å². The highest BCUT2D eigenvalue weighted by atomic mass is 32.2. The van der Waals surface area contributed by atoms with E-state index in [2.05, 4.69) is 0 Å². The Kier molecular flexibility index (Phi) is 5.60. The lowest BCUT2D eigenvalue weighted by molar-refractivity contribution is -0.384. The largest absolute Gasteiger partial charge is 0.497 e. The zero-order valence-corrected chi connectivity index (χ0v) is 14.8. The van der Waals surface area contributed by atoms with E-state index in [1.165, 1.54) is 33.4 Å². The summed E-state index contributed by atoms with van der Waals surface area (Å²) in [6.45, 7) is 0.0759. The molecule has 0 aromatic heterocycles. The minimum Gasteiger partial charge on any atom is -0.497 e. The predicted octanol–water partition coefficient (Wildman–Crippen LogP) is 2.43. The lowest BCUT2D eigenvalue weighted by Crippen LogP contribution is -2.26. The number of hydrogen-bond donors (Lipinski definition) is 0. The number of non-ortho nitro benzene ring substituents is 1. The van der Waals surface area contributed by atoms with Crippen molar-refractivity contribution in [3.63, 3.8) is 0 Å². The van der Waals surface area contributed by atoms with Gasteiger partial charge in [-0.1, -0.05) is 6.07 Å². The third kappa shape index (κ3) is 4.06. The van der Waals surface area contributed by atoms with E-state index < -0.39 is 14.9 Å². The first kappa shape index (κ1) is 18.7. The van der Waals surface area contributed by atoms with Crippen molar-refractivity contribution in [1.82, 2.24) is 4.31 Å². The average molecular weight is 366 g/mol. The van der Waals surface area contributed by atoms with Crippen molar-refractivity contribution in [2.45, 2.75) is 11.4 Å². The Morgan fingerprint density at radius 2 is 1.72 bits per heavy atom. The minimum atomic E-state index is -3.80. The fourth-order valence-electron chi connectivity index (χ4n) is 2.23. The Bertz CT molecular complexity index is 865. The summed E-state index contributed by atoms with van der Waals surface area (Å²) in [5.74, 6) is 1.10. The van der Waals surface area contributed by atoms with Crippen molar-refractivity contribution in [2.24, 2.45) is 0 Å². The quantitative estimate of drug-likeness (QED) is 0.551. The van der Waals surface area contributed by atoms with Crippen molar-refractivity contribution in [3.8, 4) is 11.5 Å². The normalized spacial score (nSPS) is 11.4. The van der Waals surface area contributed by atoms with Crippen LogP contribution in [0.2, 0.25) is 0 Å². The second-order valence-electron chi connectivity index (χ2n) is 5.19. The van der Waals surface area contributed by atoms with E-state index in [1.54, 1.807) is 18.2 Å². The van der Waals surface area contributed by atoms with E-state index in [0.29, 0.717) is 17.1 Å². The molecule has 0 aliphatic rings. The highest BCUT2D eigenvalue weighted by Gasteiger charge is 2.23. The van der Waals surface area contributed by atoms with Crippen molar-refractivity contribution in [2.75, 3.05) is 21.3 Å². The van der Waals surface area contributed by atoms with Gasteiger partial charge in [-0.15, -0.1) is 0 Å². The summed E-state index contributed by atoms with van der Waals surface area (Å²) in [6.07, 6.45) is 0. The van der Waals surface area contributed by atoms with Gasteiger partial charge in [-0.25, -0.2) is 8.42 Å². The summed E-state index contributed by atoms with van der Waals surface area (Å²) < 4.78 is 36.8. The molecule has 0 bridgehead atoms. The molecule has 0 heterocycles. The summed E-state index contributed by atoms with van der Waals surface area (Å²) >= 11 is 0. The van der Waals surface area contributed by atoms with Crippen molar-refractivity contribution < 1.29 is 22.8 Å². The molecule has 0 spiro atoms. The van der Waals surface area contributed by atoms with Gasteiger partial charge in [-0.05, 0) is 18.2 Å². The molecule has 0 amide bonds. The van der Waals surface area contributed by atoms with Gasteiger partial charge in [-0.2, -0.15) is 4.31 Å². The lowest BCUT2D eigenvalue weighted by atomic mass is 10.2. The SMILES string of the molecule is COc1ccc(CN(C)S(=O)(=O)c2ccc([N+](=O)[O-])cc2)c(OC)c1. The summed E-state index contributed by atoms with van der Waals surface area (Å²) in [4.78, 5) is 10.1. The topological polar surface area (TPSA) is 99.0 Å². The van der Waals surface area contributed by atoms with Crippen LogP contribution in [0.25, 0.3) is 0 Å². The molecule has 0 unspecified atom stereocenters. The number of benzene rings is 2. The van der Waals surface area contributed by atoms with Crippen LogP contribution in [0.5, 0.6) is 11.5 Å². The summed E-state index contributed by atoms with van der Waals surface area (Å²) in [5, 5.41) is 10.7. The third-order valence-electron chi connectivity index (χ3n) is 3.64. The first-order valence-corrected chi connectivity index (χ1v) is 8.65. The van der Waals surface area contributed by atoms with Gasteiger partial charge in [0.05, 0.1) is 24.0 Å². The minimum absolute atomic E-state index is 0.0203.